The minimum absolute atomic E-state index is 0.174. The van der Waals surface area contributed by atoms with Crippen molar-refractivity contribution in [2.45, 2.75) is 6.43 Å². The average molecular weight is 197 g/mol. The van der Waals surface area contributed by atoms with Gasteiger partial charge in [-0.2, -0.15) is 4.39 Å². The summed E-state index contributed by atoms with van der Waals surface area (Å²) in [4.78, 5) is 3.00. The summed E-state index contributed by atoms with van der Waals surface area (Å²) in [6.07, 6.45) is -2.12. The number of rotatable bonds is 1. The molecule has 12 heavy (non-hydrogen) atoms. The Morgan fingerprint density at radius 3 is 2.50 bits per heavy atom. The maximum atomic E-state index is 12.6. The van der Waals surface area contributed by atoms with Gasteiger partial charge in [0.25, 0.3) is 6.43 Å². The summed E-state index contributed by atoms with van der Waals surface area (Å²) in [5.74, 6) is -1.29. The van der Waals surface area contributed by atoms with Gasteiger partial charge in [0, 0.05) is 0 Å². The van der Waals surface area contributed by atoms with Crippen molar-refractivity contribution < 1.29 is 13.2 Å². The maximum absolute atomic E-state index is 12.6. The van der Waals surface area contributed by atoms with Gasteiger partial charge < -0.3 is 5.73 Å². The van der Waals surface area contributed by atoms with Crippen molar-refractivity contribution in [2.24, 2.45) is 0 Å². The predicted octanol–water partition coefficient (Wildman–Crippen LogP) is 2.39. The minimum Gasteiger partial charge on any atom is -0.397 e. The van der Waals surface area contributed by atoms with Gasteiger partial charge in [-0.15, -0.1) is 0 Å². The van der Waals surface area contributed by atoms with Crippen molar-refractivity contribution >= 4 is 17.3 Å². The molecular formula is C6H4ClF3N2. The lowest BCUT2D eigenvalue weighted by molar-refractivity contribution is 0.146. The zero-order chi connectivity index (χ0) is 9.30. The molecule has 66 valence electrons. The van der Waals surface area contributed by atoms with Crippen LogP contribution in [0.25, 0.3) is 0 Å². The molecule has 6 heteroatoms. The molecule has 1 aromatic rings. The molecule has 0 atom stereocenters. The first-order valence-electron chi connectivity index (χ1n) is 2.91. The average Bonchev–Trinajstić information content (AvgIpc) is 1.97. The van der Waals surface area contributed by atoms with E-state index in [9.17, 15) is 13.2 Å². The third-order valence-corrected chi connectivity index (χ3v) is 1.58. The van der Waals surface area contributed by atoms with Gasteiger partial charge in [0.1, 0.15) is 0 Å². The molecule has 0 aliphatic heterocycles. The van der Waals surface area contributed by atoms with Crippen molar-refractivity contribution in [3.8, 4) is 0 Å². The fraction of sp³-hybridized carbons (Fsp3) is 0.167. The summed E-state index contributed by atoms with van der Waals surface area (Å²) in [6, 6.07) is 0. The lowest BCUT2D eigenvalue weighted by Crippen LogP contribution is -2.01. The molecule has 0 radical (unpaired) electrons. The Labute approximate surface area is 71.2 Å². The minimum atomic E-state index is -3.00. The van der Waals surface area contributed by atoms with Gasteiger partial charge in [-0.25, -0.2) is 13.8 Å². The van der Waals surface area contributed by atoms with E-state index in [0.29, 0.717) is 0 Å². The number of hydrogen-bond donors (Lipinski definition) is 1. The summed E-state index contributed by atoms with van der Waals surface area (Å²) in [5.41, 5.74) is 3.69. The van der Waals surface area contributed by atoms with E-state index in [1.165, 1.54) is 0 Å². The fourth-order valence-electron chi connectivity index (χ4n) is 0.700. The zero-order valence-corrected chi connectivity index (χ0v) is 6.45. The van der Waals surface area contributed by atoms with E-state index in [4.69, 9.17) is 17.3 Å². The summed E-state index contributed by atoms with van der Waals surface area (Å²) in [5, 5.41) is -0.174. The molecule has 1 rings (SSSR count). The van der Waals surface area contributed by atoms with E-state index < -0.39 is 23.6 Å². The van der Waals surface area contributed by atoms with Crippen LogP contribution in [-0.2, 0) is 0 Å². The number of aromatic nitrogens is 1. The number of anilines is 1. The summed E-state index contributed by atoms with van der Waals surface area (Å²) < 4.78 is 36.7. The topological polar surface area (TPSA) is 38.9 Å². The Balaban J connectivity index is 3.33. The normalized spacial score (nSPS) is 10.8. The zero-order valence-electron chi connectivity index (χ0n) is 5.69. The molecule has 0 fully saturated rings. The van der Waals surface area contributed by atoms with Crippen LogP contribution >= 0.6 is 11.6 Å². The Bertz CT molecular complexity index is 303. The van der Waals surface area contributed by atoms with Gasteiger partial charge in [0.05, 0.1) is 22.5 Å². The van der Waals surface area contributed by atoms with Crippen LogP contribution < -0.4 is 5.73 Å². The second kappa shape index (κ2) is 3.18. The Morgan fingerprint density at radius 1 is 1.50 bits per heavy atom. The number of halogens is 4. The second-order valence-corrected chi connectivity index (χ2v) is 2.43. The maximum Gasteiger partial charge on any atom is 0.270 e. The van der Waals surface area contributed by atoms with Crippen LogP contribution in [0.3, 0.4) is 0 Å². The Hall–Kier alpha value is -0.970. The fourth-order valence-corrected chi connectivity index (χ4v) is 0.850. The van der Waals surface area contributed by atoms with E-state index >= 15 is 0 Å². The van der Waals surface area contributed by atoms with Crippen LogP contribution in [0.1, 0.15) is 12.0 Å². The van der Waals surface area contributed by atoms with E-state index in [-0.39, 0.29) is 5.02 Å². The van der Waals surface area contributed by atoms with Crippen LogP contribution in [0, 0.1) is 5.95 Å². The van der Waals surface area contributed by atoms with Crippen LogP contribution in [0.2, 0.25) is 5.02 Å². The lowest BCUT2D eigenvalue weighted by Gasteiger charge is -2.05. The molecule has 1 heterocycles. The smallest absolute Gasteiger partial charge is 0.270 e. The first kappa shape index (κ1) is 9.12. The van der Waals surface area contributed by atoms with Crippen LogP contribution in [0.5, 0.6) is 0 Å². The molecule has 2 N–H and O–H groups in total. The molecule has 0 saturated heterocycles. The molecule has 0 aliphatic rings. The van der Waals surface area contributed by atoms with Crippen molar-refractivity contribution in [3.05, 3.63) is 22.7 Å². The molecule has 1 aromatic heterocycles. The summed E-state index contributed by atoms with van der Waals surface area (Å²) >= 11 is 5.34. The lowest BCUT2D eigenvalue weighted by atomic mass is 10.2. The SMILES string of the molecule is Nc1c(Cl)cnc(F)c1C(F)F. The van der Waals surface area contributed by atoms with Crippen molar-refractivity contribution in [1.82, 2.24) is 4.98 Å². The Kier molecular flexibility index (Phi) is 2.42. The third kappa shape index (κ3) is 1.45. The highest BCUT2D eigenvalue weighted by Gasteiger charge is 2.19. The van der Waals surface area contributed by atoms with Crippen molar-refractivity contribution in [2.75, 3.05) is 5.73 Å². The first-order valence-corrected chi connectivity index (χ1v) is 3.29. The highest BCUT2D eigenvalue weighted by atomic mass is 35.5. The van der Waals surface area contributed by atoms with Gasteiger partial charge >= 0.3 is 0 Å². The molecule has 0 aliphatic carbocycles. The Morgan fingerprint density at radius 2 is 2.08 bits per heavy atom. The first-order chi connectivity index (χ1) is 5.54. The largest absolute Gasteiger partial charge is 0.397 e. The van der Waals surface area contributed by atoms with Crippen LogP contribution in [-0.4, -0.2) is 4.98 Å². The molecule has 0 spiro atoms. The van der Waals surface area contributed by atoms with E-state index in [1.807, 2.05) is 0 Å². The van der Waals surface area contributed by atoms with Crippen LogP contribution in [0.4, 0.5) is 18.9 Å². The van der Waals surface area contributed by atoms with Gasteiger partial charge in [-0.3, -0.25) is 0 Å². The quantitative estimate of drug-likeness (QED) is 0.701. The van der Waals surface area contributed by atoms with Gasteiger partial charge in [0.15, 0.2) is 0 Å². The van der Waals surface area contributed by atoms with Crippen LogP contribution in [0.15, 0.2) is 6.20 Å². The standard InChI is InChI=1S/C6H4ClF3N2/c7-2-1-12-6(10)3(4(2)11)5(8)9/h1,5H,(H2,11,12). The molecule has 2 nitrogen and oxygen atoms in total. The number of hydrogen-bond acceptors (Lipinski definition) is 2. The molecule has 0 unspecified atom stereocenters. The second-order valence-electron chi connectivity index (χ2n) is 2.02. The molecule has 0 bridgehead atoms. The number of alkyl halides is 2. The molecule has 0 saturated carbocycles. The van der Waals surface area contributed by atoms with Gasteiger partial charge in [0.2, 0.25) is 5.95 Å². The van der Waals surface area contributed by atoms with Crippen molar-refractivity contribution in [3.63, 3.8) is 0 Å². The summed E-state index contributed by atoms with van der Waals surface area (Å²) in [6.45, 7) is 0. The number of nitrogen functional groups attached to an aromatic ring is 1. The van der Waals surface area contributed by atoms with E-state index in [1.54, 1.807) is 0 Å². The predicted molar refractivity (Wildman–Crippen MR) is 38.6 cm³/mol. The number of nitrogens with zero attached hydrogens (tertiary/aromatic N) is 1. The highest BCUT2D eigenvalue weighted by molar-refractivity contribution is 6.33. The highest BCUT2D eigenvalue weighted by Crippen LogP contribution is 2.31. The molecule has 0 amide bonds. The molecular weight excluding hydrogens is 193 g/mol. The summed E-state index contributed by atoms with van der Waals surface area (Å²) in [7, 11) is 0. The van der Waals surface area contributed by atoms with E-state index in [2.05, 4.69) is 4.98 Å². The van der Waals surface area contributed by atoms with Crippen molar-refractivity contribution in [1.29, 1.82) is 0 Å². The van der Waals surface area contributed by atoms with Gasteiger partial charge in [-0.05, 0) is 0 Å². The van der Waals surface area contributed by atoms with Gasteiger partial charge in [-0.1, -0.05) is 11.6 Å². The molecule has 0 aromatic carbocycles. The monoisotopic (exact) mass is 196 g/mol. The number of nitrogens with two attached hydrogens (primary N) is 1. The number of pyridine rings is 1. The van der Waals surface area contributed by atoms with E-state index in [0.717, 1.165) is 6.20 Å². The third-order valence-electron chi connectivity index (χ3n) is 1.28.